The molecule has 0 aliphatic carbocycles. The molecule has 0 fully saturated rings. The van der Waals surface area contributed by atoms with Crippen molar-refractivity contribution in [1.29, 1.82) is 0 Å². The minimum absolute atomic E-state index is 0.272. The van der Waals surface area contributed by atoms with Gasteiger partial charge in [0.05, 0.1) is 12.7 Å². The molecule has 1 aliphatic rings. The van der Waals surface area contributed by atoms with E-state index in [0.717, 1.165) is 16.7 Å². The Bertz CT molecular complexity index is 1120. The van der Waals surface area contributed by atoms with Crippen LogP contribution in [-0.2, 0) is 16.2 Å². The summed E-state index contributed by atoms with van der Waals surface area (Å²) in [5.74, 6) is 0.243. The third kappa shape index (κ3) is 4.22. The van der Waals surface area contributed by atoms with Crippen molar-refractivity contribution in [3.8, 4) is 11.5 Å². The van der Waals surface area contributed by atoms with Gasteiger partial charge >= 0.3 is 5.97 Å². The van der Waals surface area contributed by atoms with Crippen molar-refractivity contribution < 1.29 is 23.5 Å². The molecule has 6 heteroatoms. The number of hydrogen-bond acceptors (Lipinski definition) is 5. The Balaban J connectivity index is 1.57. The van der Waals surface area contributed by atoms with Gasteiger partial charge in [0, 0.05) is 5.56 Å². The summed E-state index contributed by atoms with van der Waals surface area (Å²) >= 11 is 0. The first kappa shape index (κ1) is 19.4. The van der Waals surface area contributed by atoms with Gasteiger partial charge in [0.1, 0.15) is 18.1 Å². The Kier molecular flexibility index (Phi) is 5.57. The lowest BCUT2D eigenvalue weighted by Gasteiger charge is -2.11. The van der Waals surface area contributed by atoms with Gasteiger partial charge in [-0.05, 0) is 41.5 Å². The molecule has 0 spiro atoms. The summed E-state index contributed by atoms with van der Waals surface area (Å²) in [5.41, 5.74) is 3.21. The maximum absolute atomic E-state index is 13.0. The summed E-state index contributed by atoms with van der Waals surface area (Å²) in [7, 11) is 1.54. The molecule has 5 nitrogen and oxygen atoms in total. The zero-order valence-corrected chi connectivity index (χ0v) is 16.2. The van der Waals surface area contributed by atoms with E-state index in [1.165, 1.54) is 19.2 Å². The van der Waals surface area contributed by atoms with E-state index in [2.05, 4.69) is 5.16 Å². The highest BCUT2D eigenvalue weighted by Gasteiger charge is 2.26. The first-order valence-corrected chi connectivity index (χ1v) is 9.26. The number of benzene rings is 3. The van der Waals surface area contributed by atoms with Crippen molar-refractivity contribution in [2.75, 3.05) is 7.11 Å². The van der Waals surface area contributed by atoms with Gasteiger partial charge in [0.15, 0.2) is 11.5 Å². The normalized spacial score (nSPS) is 14.4. The smallest absolute Gasteiger partial charge is 0.368 e. The Labute approximate surface area is 173 Å². The molecule has 0 amide bonds. The Morgan fingerprint density at radius 1 is 1.00 bits per heavy atom. The highest BCUT2D eigenvalue weighted by atomic mass is 19.1. The standard InChI is InChI=1S/C24H18FNO4/c1-28-22-14-17(9-12-21(22)29-15-16-7-10-19(25)11-8-16)13-20-23(26-30-24(20)27)18-5-3-2-4-6-18/h2-14H,15H2,1H3/b20-13-. The molecule has 0 saturated heterocycles. The molecular weight excluding hydrogens is 385 g/mol. The van der Waals surface area contributed by atoms with Crippen molar-refractivity contribution in [3.05, 3.63) is 101 Å². The van der Waals surface area contributed by atoms with Crippen molar-refractivity contribution in [1.82, 2.24) is 0 Å². The molecule has 0 bridgehead atoms. The summed E-state index contributed by atoms with van der Waals surface area (Å²) in [6.07, 6.45) is 1.70. The zero-order valence-electron chi connectivity index (χ0n) is 16.2. The SMILES string of the molecule is COc1cc(/C=C2\C(=O)ON=C2c2ccccc2)ccc1OCc1ccc(F)cc1. The fraction of sp³-hybridized carbons (Fsp3) is 0.0833. The highest BCUT2D eigenvalue weighted by Crippen LogP contribution is 2.30. The number of oxime groups is 1. The van der Waals surface area contributed by atoms with Crippen LogP contribution in [0.15, 0.2) is 83.5 Å². The second kappa shape index (κ2) is 8.61. The minimum atomic E-state index is -0.510. The quantitative estimate of drug-likeness (QED) is 0.440. The van der Waals surface area contributed by atoms with Crippen molar-refractivity contribution in [2.45, 2.75) is 6.61 Å². The summed E-state index contributed by atoms with van der Waals surface area (Å²) in [6, 6.07) is 20.8. The van der Waals surface area contributed by atoms with Crippen LogP contribution >= 0.6 is 0 Å². The summed E-state index contributed by atoms with van der Waals surface area (Å²) in [4.78, 5) is 17.1. The van der Waals surface area contributed by atoms with Crippen LogP contribution in [0.25, 0.3) is 6.08 Å². The van der Waals surface area contributed by atoms with Crippen LogP contribution in [-0.4, -0.2) is 18.8 Å². The number of ether oxygens (including phenoxy) is 2. The van der Waals surface area contributed by atoms with E-state index in [1.54, 1.807) is 30.3 Å². The molecule has 1 aliphatic heterocycles. The number of carbonyl (C=O) groups excluding carboxylic acids is 1. The Morgan fingerprint density at radius 3 is 2.50 bits per heavy atom. The van der Waals surface area contributed by atoms with Crippen molar-refractivity contribution >= 4 is 17.8 Å². The van der Waals surface area contributed by atoms with Gasteiger partial charge in [0.2, 0.25) is 0 Å². The molecule has 0 saturated carbocycles. The Morgan fingerprint density at radius 2 is 1.77 bits per heavy atom. The largest absolute Gasteiger partial charge is 0.493 e. The fourth-order valence-electron chi connectivity index (χ4n) is 3.02. The first-order chi connectivity index (χ1) is 14.6. The van der Waals surface area contributed by atoms with Crippen LogP contribution < -0.4 is 9.47 Å². The van der Waals surface area contributed by atoms with Gasteiger partial charge < -0.3 is 14.3 Å². The molecule has 4 rings (SSSR count). The predicted molar refractivity (Wildman–Crippen MR) is 111 cm³/mol. The van der Waals surface area contributed by atoms with E-state index < -0.39 is 5.97 Å². The molecular formula is C24H18FNO4. The molecule has 0 radical (unpaired) electrons. The molecule has 0 N–H and O–H groups in total. The number of hydrogen-bond donors (Lipinski definition) is 0. The fourth-order valence-corrected chi connectivity index (χ4v) is 3.02. The molecule has 0 aromatic heterocycles. The monoisotopic (exact) mass is 403 g/mol. The molecule has 1 heterocycles. The average molecular weight is 403 g/mol. The number of methoxy groups -OCH3 is 1. The molecule has 3 aromatic rings. The summed E-state index contributed by atoms with van der Waals surface area (Å²) in [5, 5.41) is 3.91. The first-order valence-electron chi connectivity index (χ1n) is 9.26. The van der Waals surface area contributed by atoms with E-state index in [1.807, 2.05) is 36.4 Å². The van der Waals surface area contributed by atoms with Gasteiger partial charge in [-0.2, -0.15) is 0 Å². The van der Waals surface area contributed by atoms with E-state index in [9.17, 15) is 9.18 Å². The van der Waals surface area contributed by atoms with Crippen LogP contribution in [0.4, 0.5) is 4.39 Å². The molecule has 0 atom stereocenters. The number of nitrogens with zero attached hydrogens (tertiary/aromatic N) is 1. The molecule has 0 unspecified atom stereocenters. The van der Waals surface area contributed by atoms with Crippen molar-refractivity contribution in [3.63, 3.8) is 0 Å². The second-order valence-corrected chi connectivity index (χ2v) is 6.57. The van der Waals surface area contributed by atoms with E-state index in [4.69, 9.17) is 14.3 Å². The lowest BCUT2D eigenvalue weighted by atomic mass is 10.0. The number of carbonyl (C=O) groups is 1. The van der Waals surface area contributed by atoms with Crippen LogP contribution in [0.1, 0.15) is 16.7 Å². The average Bonchev–Trinajstić information content (AvgIpc) is 3.14. The van der Waals surface area contributed by atoms with E-state index >= 15 is 0 Å². The van der Waals surface area contributed by atoms with Gasteiger partial charge in [-0.15, -0.1) is 0 Å². The minimum Gasteiger partial charge on any atom is -0.493 e. The zero-order chi connectivity index (χ0) is 20.9. The maximum atomic E-state index is 13.0. The van der Waals surface area contributed by atoms with E-state index in [0.29, 0.717) is 22.8 Å². The van der Waals surface area contributed by atoms with Crippen LogP contribution in [0.3, 0.4) is 0 Å². The van der Waals surface area contributed by atoms with Crippen LogP contribution in [0.5, 0.6) is 11.5 Å². The lowest BCUT2D eigenvalue weighted by molar-refractivity contribution is -0.136. The van der Waals surface area contributed by atoms with Gasteiger partial charge in [-0.1, -0.05) is 53.7 Å². The number of rotatable bonds is 6. The van der Waals surface area contributed by atoms with Gasteiger partial charge in [-0.3, -0.25) is 0 Å². The predicted octanol–water partition coefficient (Wildman–Crippen LogP) is 4.76. The Hall–Kier alpha value is -3.93. The number of halogens is 1. The molecule has 30 heavy (non-hydrogen) atoms. The summed E-state index contributed by atoms with van der Waals surface area (Å²) in [6.45, 7) is 0.272. The third-order valence-electron chi connectivity index (χ3n) is 4.55. The third-order valence-corrected chi connectivity index (χ3v) is 4.55. The van der Waals surface area contributed by atoms with Crippen LogP contribution in [0.2, 0.25) is 0 Å². The maximum Gasteiger partial charge on any atom is 0.368 e. The highest BCUT2D eigenvalue weighted by molar-refractivity contribution is 6.31. The van der Waals surface area contributed by atoms with Gasteiger partial charge in [0.25, 0.3) is 0 Å². The van der Waals surface area contributed by atoms with Crippen molar-refractivity contribution in [2.24, 2.45) is 5.16 Å². The molecule has 3 aromatic carbocycles. The van der Waals surface area contributed by atoms with Crippen LogP contribution in [0, 0.1) is 5.82 Å². The molecule has 150 valence electrons. The van der Waals surface area contributed by atoms with E-state index in [-0.39, 0.29) is 12.4 Å². The lowest BCUT2D eigenvalue weighted by Crippen LogP contribution is -2.06. The second-order valence-electron chi connectivity index (χ2n) is 6.57. The van der Waals surface area contributed by atoms with Gasteiger partial charge in [-0.25, -0.2) is 9.18 Å². The topological polar surface area (TPSA) is 57.1 Å². The summed E-state index contributed by atoms with van der Waals surface area (Å²) < 4.78 is 24.3.